The Balaban J connectivity index is 1.54. The highest BCUT2D eigenvalue weighted by atomic mass is 35.5. The van der Waals surface area contributed by atoms with Gasteiger partial charge in [-0.25, -0.2) is 14.1 Å². The van der Waals surface area contributed by atoms with Crippen LogP contribution in [0, 0.1) is 12.7 Å². The summed E-state index contributed by atoms with van der Waals surface area (Å²) in [6, 6.07) is 6.73. The fourth-order valence-electron chi connectivity index (χ4n) is 3.33. The predicted molar refractivity (Wildman–Crippen MR) is 108 cm³/mol. The van der Waals surface area contributed by atoms with E-state index in [9.17, 15) is 9.18 Å². The van der Waals surface area contributed by atoms with Gasteiger partial charge in [0.2, 0.25) is 0 Å². The molecule has 3 aromatic heterocycles. The van der Waals surface area contributed by atoms with E-state index in [-0.39, 0.29) is 16.6 Å². The number of benzene rings is 1. The van der Waals surface area contributed by atoms with Crippen molar-refractivity contribution in [3.63, 3.8) is 0 Å². The van der Waals surface area contributed by atoms with Gasteiger partial charge in [-0.15, -0.1) is 0 Å². The highest BCUT2D eigenvalue weighted by Gasteiger charge is 2.26. The summed E-state index contributed by atoms with van der Waals surface area (Å²) in [5.41, 5.74) is 3.11. The summed E-state index contributed by atoms with van der Waals surface area (Å²) in [5.74, 6) is -0.297. The highest BCUT2D eigenvalue weighted by molar-refractivity contribution is 6.33. The molecule has 1 fully saturated rings. The normalized spacial score (nSPS) is 13.8. The van der Waals surface area contributed by atoms with Gasteiger partial charge in [-0.3, -0.25) is 9.20 Å². The molecule has 1 amide bonds. The van der Waals surface area contributed by atoms with E-state index in [1.807, 2.05) is 29.7 Å². The van der Waals surface area contributed by atoms with Gasteiger partial charge < -0.3 is 5.32 Å². The minimum absolute atomic E-state index is 0.0190. The molecule has 0 atom stereocenters. The molecule has 5 rings (SSSR count). The lowest BCUT2D eigenvalue weighted by molar-refractivity contribution is 0.0947. The number of aromatic nitrogens is 4. The average Bonchev–Trinajstić information content (AvgIpc) is 3.19. The molecule has 1 aliphatic rings. The lowest BCUT2D eigenvalue weighted by atomic mass is 10.0. The first-order chi connectivity index (χ1) is 14.0. The maximum Gasteiger partial charge on any atom is 0.254 e. The molecule has 3 heterocycles. The van der Waals surface area contributed by atoms with Crippen molar-refractivity contribution in [2.45, 2.75) is 25.8 Å². The fourth-order valence-corrected chi connectivity index (χ4v) is 3.59. The Bertz CT molecular complexity index is 1260. The number of rotatable bonds is 4. The van der Waals surface area contributed by atoms with Crippen LogP contribution in [0.1, 0.15) is 28.8 Å². The number of hydrogen-bond donors (Lipinski definition) is 1. The molecule has 1 N–H and O–H groups in total. The first-order valence-corrected chi connectivity index (χ1v) is 9.67. The third kappa shape index (κ3) is 3.17. The molecule has 146 valence electrons. The van der Waals surface area contributed by atoms with E-state index in [1.54, 1.807) is 23.3 Å². The van der Waals surface area contributed by atoms with Gasteiger partial charge in [-0.2, -0.15) is 5.10 Å². The number of nitrogens with one attached hydrogen (secondary N) is 1. The molecule has 0 saturated heterocycles. The van der Waals surface area contributed by atoms with Crippen LogP contribution in [0.15, 0.2) is 49.1 Å². The molecule has 0 unspecified atom stereocenters. The SMILES string of the molecule is Cc1cccn2c(-n3cc(-c4cc(C(=O)NC5CC5)c(F)cc4Cl)cn3)cnc12. The fraction of sp³-hybridized carbons (Fsp3) is 0.190. The standard InChI is InChI=1S/C21H17ClFN5O/c1-12-3-2-6-27-19(10-24-20(12)27)28-11-13(9-25-28)15-7-16(18(23)8-17(15)22)21(29)26-14-4-5-14/h2-3,6-11,14H,4-5H2,1H3,(H,26,29). The Kier molecular flexibility index (Phi) is 4.13. The number of hydrogen-bond acceptors (Lipinski definition) is 3. The van der Waals surface area contributed by atoms with Gasteiger partial charge in [-0.1, -0.05) is 17.7 Å². The van der Waals surface area contributed by atoms with Crippen LogP contribution < -0.4 is 5.32 Å². The zero-order valence-electron chi connectivity index (χ0n) is 15.6. The predicted octanol–water partition coefficient (Wildman–Crippen LogP) is 4.18. The van der Waals surface area contributed by atoms with Crippen LogP contribution in [-0.2, 0) is 0 Å². The number of aryl methyl sites for hydroxylation is 1. The summed E-state index contributed by atoms with van der Waals surface area (Å²) in [4.78, 5) is 16.8. The number of carbonyl (C=O) groups excluding carboxylic acids is 1. The van der Waals surface area contributed by atoms with Crippen molar-refractivity contribution in [2.75, 3.05) is 0 Å². The number of pyridine rings is 1. The quantitative estimate of drug-likeness (QED) is 0.550. The Morgan fingerprint density at radius 2 is 2.14 bits per heavy atom. The Hall–Kier alpha value is -3.19. The second kappa shape index (κ2) is 6.70. The van der Waals surface area contributed by atoms with E-state index in [0.717, 1.165) is 29.9 Å². The van der Waals surface area contributed by atoms with Crippen LogP contribution in [0.2, 0.25) is 5.02 Å². The van der Waals surface area contributed by atoms with Crippen molar-refractivity contribution < 1.29 is 9.18 Å². The second-order valence-corrected chi connectivity index (χ2v) is 7.64. The number of halogens is 2. The minimum atomic E-state index is -0.637. The van der Waals surface area contributed by atoms with Gasteiger partial charge in [0.05, 0.1) is 23.0 Å². The number of carbonyl (C=O) groups is 1. The largest absolute Gasteiger partial charge is 0.349 e. The first kappa shape index (κ1) is 17.9. The van der Waals surface area contributed by atoms with Crippen molar-refractivity contribution in [3.05, 3.63) is 71.0 Å². The maximum absolute atomic E-state index is 14.3. The second-order valence-electron chi connectivity index (χ2n) is 7.23. The lowest BCUT2D eigenvalue weighted by Crippen LogP contribution is -2.26. The Morgan fingerprint density at radius 3 is 2.93 bits per heavy atom. The van der Waals surface area contributed by atoms with Crippen LogP contribution in [0.5, 0.6) is 0 Å². The molecule has 0 spiro atoms. The summed E-state index contributed by atoms with van der Waals surface area (Å²) in [5, 5.41) is 7.44. The smallest absolute Gasteiger partial charge is 0.254 e. The molecule has 1 saturated carbocycles. The first-order valence-electron chi connectivity index (χ1n) is 9.29. The van der Waals surface area contributed by atoms with Crippen LogP contribution in [-0.4, -0.2) is 31.1 Å². The van der Waals surface area contributed by atoms with Gasteiger partial charge in [-0.05, 0) is 43.5 Å². The minimum Gasteiger partial charge on any atom is -0.349 e. The highest BCUT2D eigenvalue weighted by Crippen LogP contribution is 2.31. The van der Waals surface area contributed by atoms with Crippen LogP contribution >= 0.6 is 11.6 Å². The molecule has 0 radical (unpaired) electrons. The third-order valence-electron chi connectivity index (χ3n) is 5.05. The molecule has 0 bridgehead atoms. The monoisotopic (exact) mass is 409 g/mol. The van der Waals surface area contributed by atoms with E-state index >= 15 is 0 Å². The van der Waals surface area contributed by atoms with Gasteiger partial charge in [0.1, 0.15) is 11.5 Å². The molecule has 4 aromatic rings. The summed E-state index contributed by atoms with van der Waals surface area (Å²) >= 11 is 6.28. The summed E-state index contributed by atoms with van der Waals surface area (Å²) < 4.78 is 17.9. The van der Waals surface area contributed by atoms with Crippen molar-refractivity contribution in [2.24, 2.45) is 0 Å². The zero-order valence-corrected chi connectivity index (χ0v) is 16.3. The summed E-state index contributed by atoms with van der Waals surface area (Å²) in [6.45, 7) is 1.99. The van der Waals surface area contributed by atoms with Crippen molar-refractivity contribution in [1.82, 2.24) is 24.5 Å². The molecular formula is C21H17ClFN5O. The molecule has 1 aromatic carbocycles. The van der Waals surface area contributed by atoms with Crippen molar-refractivity contribution in [1.29, 1.82) is 0 Å². The number of nitrogens with zero attached hydrogens (tertiary/aromatic N) is 4. The van der Waals surface area contributed by atoms with E-state index in [2.05, 4.69) is 15.4 Å². The van der Waals surface area contributed by atoms with Gasteiger partial charge >= 0.3 is 0 Å². The van der Waals surface area contributed by atoms with Crippen LogP contribution in [0.4, 0.5) is 4.39 Å². The van der Waals surface area contributed by atoms with Gasteiger partial charge in [0.15, 0.2) is 5.82 Å². The summed E-state index contributed by atoms with van der Waals surface area (Å²) in [6.07, 6.45) is 8.93. The molecule has 1 aliphatic carbocycles. The third-order valence-corrected chi connectivity index (χ3v) is 5.37. The Morgan fingerprint density at radius 1 is 1.31 bits per heavy atom. The molecule has 6 nitrogen and oxygen atoms in total. The van der Waals surface area contributed by atoms with E-state index in [4.69, 9.17) is 11.6 Å². The number of imidazole rings is 1. The van der Waals surface area contributed by atoms with E-state index in [1.165, 1.54) is 12.1 Å². The number of amides is 1. The number of fused-ring (bicyclic) bond motifs is 1. The maximum atomic E-state index is 14.3. The molecule has 8 heteroatoms. The Labute approximate surface area is 170 Å². The van der Waals surface area contributed by atoms with Gasteiger partial charge in [0.25, 0.3) is 5.91 Å². The summed E-state index contributed by atoms with van der Waals surface area (Å²) in [7, 11) is 0. The van der Waals surface area contributed by atoms with Crippen LogP contribution in [0.25, 0.3) is 22.6 Å². The van der Waals surface area contributed by atoms with Gasteiger partial charge in [0, 0.05) is 29.6 Å². The van der Waals surface area contributed by atoms with Crippen molar-refractivity contribution >= 4 is 23.2 Å². The van der Waals surface area contributed by atoms with Crippen LogP contribution in [0.3, 0.4) is 0 Å². The van der Waals surface area contributed by atoms with Crippen molar-refractivity contribution in [3.8, 4) is 16.9 Å². The molecular weight excluding hydrogens is 393 g/mol. The average molecular weight is 410 g/mol. The lowest BCUT2D eigenvalue weighted by Gasteiger charge is -2.08. The van der Waals surface area contributed by atoms with E-state index < -0.39 is 11.7 Å². The molecule has 29 heavy (non-hydrogen) atoms. The van der Waals surface area contributed by atoms with E-state index in [0.29, 0.717) is 11.1 Å². The topological polar surface area (TPSA) is 64.2 Å². The zero-order chi connectivity index (χ0) is 20.1. The molecule has 0 aliphatic heterocycles.